The molecule has 9 nitrogen and oxygen atoms in total. The lowest BCUT2D eigenvalue weighted by molar-refractivity contribution is -0.384. The number of nitro groups is 1. The summed E-state index contributed by atoms with van der Waals surface area (Å²) in [5, 5.41) is 13.1. The molecule has 0 aliphatic heterocycles. The normalized spacial score (nSPS) is 10.1. The number of hydrogen-bond acceptors (Lipinski definition) is 6. The molecule has 2 aromatic rings. The van der Waals surface area contributed by atoms with Crippen molar-refractivity contribution in [2.45, 2.75) is 6.92 Å². The molecule has 0 spiro atoms. The summed E-state index contributed by atoms with van der Waals surface area (Å²) >= 11 is 0. The molecule has 126 valence electrons. The molecule has 24 heavy (non-hydrogen) atoms. The van der Waals surface area contributed by atoms with Gasteiger partial charge in [0.15, 0.2) is 6.61 Å². The van der Waals surface area contributed by atoms with Crippen molar-refractivity contribution in [3.05, 3.63) is 51.8 Å². The van der Waals surface area contributed by atoms with Gasteiger partial charge in [0.2, 0.25) is 0 Å². The third kappa shape index (κ3) is 4.09. The summed E-state index contributed by atoms with van der Waals surface area (Å²) in [6.45, 7) is 1.41. The molecule has 2 rings (SSSR count). The first-order chi connectivity index (χ1) is 11.4. The maximum atomic E-state index is 11.9. The second-order valence-corrected chi connectivity index (χ2v) is 4.82. The van der Waals surface area contributed by atoms with Crippen molar-refractivity contribution in [1.82, 2.24) is 4.98 Å². The maximum absolute atomic E-state index is 11.9. The number of anilines is 1. The standard InChI is InChI=1S/C15H15N3O6/c1-9-7-12(14(16-9)15(20)23-2)17-13(19)8-24-11-5-3-10(4-6-11)18(21)22/h3-7,16H,8H2,1-2H3,(H,17,19). The van der Waals surface area contributed by atoms with Crippen molar-refractivity contribution in [2.75, 3.05) is 19.0 Å². The smallest absolute Gasteiger partial charge is 0.356 e. The van der Waals surface area contributed by atoms with Gasteiger partial charge >= 0.3 is 5.97 Å². The van der Waals surface area contributed by atoms with Crippen LogP contribution in [0.5, 0.6) is 5.75 Å². The molecule has 0 aliphatic carbocycles. The summed E-state index contributed by atoms with van der Waals surface area (Å²) in [6, 6.07) is 6.93. The molecule has 0 aliphatic rings. The van der Waals surface area contributed by atoms with Crippen LogP contribution in [-0.4, -0.2) is 35.5 Å². The minimum Gasteiger partial charge on any atom is -0.484 e. The third-order valence-corrected chi connectivity index (χ3v) is 3.03. The Morgan fingerprint density at radius 3 is 2.54 bits per heavy atom. The van der Waals surface area contributed by atoms with Gasteiger partial charge in [-0.15, -0.1) is 0 Å². The van der Waals surface area contributed by atoms with Crippen molar-refractivity contribution in [1.29, 1.82) is 0 Å². The van der Waals surface area contributed by atoms with Gasteiger partial charge in [-0.1, -0.05) is 0 Å². The van der Waals surface area contributed by atoms with Crippen molar-refractivity contribution in [3.8, 4) is 5.75 Å². The van der Waals surface area contributed by atoms with Crippen molar-refractivity contribution < 1.29 is 24.0 Å². The first kappa shape index (κ1) is 17.0. The Morgan fingerprint density at radius 1 is 1.29 bits per heavy atom. The number of esters is 1. The second kappa shape index (κ2) is 7.27. The third-order valence-electron chi connectivity index (χ3n) is 3.03. The van der Waals surface area contributed by atoms with E-state index in [-0.39, 0.29) is 23.7 Å². The highest BCUT2D eigenvalue weighted by molar-refractivity contribution is 6.00. The number of rotatable bonds is 6. The van der Waals surface area contributed by atoms with Crippen LogP contribution in [0.4, 0.5) is 11.4 Å². The number of nitrogens with one attached hydrogen (secondary N) is 2. The fourth-order valence-corrected chi connectivity index (χ4v) is 1.95. The van der Waals surface area contributed by atoms with Gasteiger partial charge in [0, 0.05) is 17.8 Å². The summed E-state index contributed by atoms with van der Waals surface area (Å²) < 4.78 is 9.87. The number of carbonyl (C=O) groups excluding carboxylic acids is 2. The van der Waals surface area contributed by atoms with Gasteiger partial charge in [0.05, 0.1) is 17.7 Å². The lowest BCUT2D eigenvalue weighted by atomic mass is 10.3. The molecular formula is C15H15N3O6. The Hall–Kier alpha value is -3.36. The topological polar surface area (TPSA) is 124 Å². The molecule has 1 aromatic heterocycles. The number of amides is 1. The summed E-state index contributed by atoms with van der Waals surface area (Å²) in [7, 11) is 1.24. The van der Waals surface area contributed by atoms with Crippen LogP contribution < -0.4 is 10.1 Å². The van der Waals surface area contributed by atoms with Crippen LogP contribution in [-0.2, 0) is 9.53 Å². The van der Waals surface area contributed by atoms with Crippen molar-refractivity contribution in [2.24, 2.45) is 0 Å². The average molecular weight is 333 g/mol. The largest absolute Gasteiger partial charge is 0.484 e. The lowest BCUT2D eigenvalue weighted by Gasteiger charge is -2.07. The number of H-pyrrole nitrogens is 1. The Kier molecular flexibility index (Phi) is 5.15. The molecule has 1 heterocycles. The van der Waals surface area contributed by atoms with Crippen LogP contribution in [0.2, 0.25) is 0 Å². The monoisotopic (exact) mass is 333 g/mol. The summed E-state index contributed by atoms with van der Waals surface area (Å²) in [4.78, 5) is 36.4. The zero-order chi connectivity index (χ0) is 17.7. The first-order valence-electron chi connectivity index (χ1n) is 6.85. The zero-order valence-electron chi connectivity index (χ0n) is 13.0. The summed E-state index contributed by atoms with van der Waals surface area (Å²) in [5.74, 6) is -0.776. The SMILES string of the molecule is COC(=O)c1[nH]c(C)cc1NC(=O)COc1ccc([N+](=O)[O-])cc1. The minimum atomic E-state index is -0.602. The van der Waals surface area contributed by atoms with Gasteiger partial charge in [-0.25, -0.2) is 4.79 Å². The Labute approximate surface area is 136 Å². The fourth-order valence-electron chi connectivity index (χ4n) is 1.95. The van der Waals surface area contributed by atoms with Crippen LogP contribution in [0.25, 0.3) is 0 Å². The predicted octanol–water partition coefficient (Wildman–Crippen LogP) is 2.04. The van der Waals surface area contributed by atoms with E-state index < -0.39 is 16.8 Å². The van der Waals surface area contributed by atoms with Crippen LogP contribution in [0.1, 0.15) is 16.2 Å². The lowest BCUT2D eigenvalue weighted by Crippen LogP contribution is -2.21. The van der Waals surface area contributed by atoms with Crippen molar-refractivity contribution >= 4 is 23.3 Å². The molecule has 0 saturated heterocycles. The highest BCUT2D eigenvalue weighted by Crippen LogP contribution is 2.19. The number of nitro benzene ring substituents is 1. The number of nitrogens with zero attached hydrogens (tertiary/aromatic N) is 1. The number of carbonyl (C=O) groups is 2. The number of aromatic nitrogens is 1. The Bertz CT molecular complexity index is 766. The summed E-state index contributed by atoms with van der Waals surface area (Å²) in [6.07, 6.45) is 0. The fraction of sp³-hybridized carbons (Fsp3) is 0.200. The number of hydrogen-bond donors (Lipinski definition) is 2. The van der Waals surface area contributed by atoms with Gasteiger partial charge in [0.1, 0.15) is 11.4 Å². The molecule has 0 radical (unpaired) electrons. The van der Waals surface area contributed by atoms with E-state index in [0.29, 0.717) is 11.4 Å². The number of ether oxygens (including phenoxy) is 2. The number of aromatic amines is 1. The van der Waals surface area contributed by atoms with E-state index in [1.165, 1.54) is 31.4 Å². The van der Waals surface area contributed by atoms with E-state index >= 15 is 0 Å². The molecular weight excluding hydrogens is 318 g/mol. The number of aryl methyl sites for hydroxylation is 1. The molecule has 1 amide bonds. The van der Waals surface area contributed by atoms with Gasteiger partial charge in [-0.3, -0.25) is 14.9 Å². The van der Waals surface area contributed by atoms with Crippen LogP contribution in [0, 0.1) is 17.0 Å². The van der Waals surface area contributed by atoms with Gasteiger partial charge in [0.25, 0.3) is 11.6 Å². The molecule has 0 atom stereocenters. The highest BCUT2D eigenvalue weighted by Gasteiger charge is 2.17. The van der Waals surface area contributed by atoms with Gasteiger partial charge in [-0.2, -0.15) is 0 Å². The van der Waals surface area contributed by atoms with Crippen LogP contribution in [0.15, 0.2) is 30.3 Å². The van der Waals surface area contributed by atoms with Crippen molar-refractivity contribution in [3.63, 3.8) is 0 Å². The highest BCUT2D eigenvalue weighted by atomic mass is 16.6. The van der Waals surface area contributed by atoms with E-state index in [0.717, 1.165) is 0 Å². The quantitative estimate of drug-likeness (QED) is 0.473. The molecule has 9 heteroatoms. The molecule has 0 bridgehead atoms. The van der Waals surface area contributed by atoms with Gasteiger partial charge in [-0.05, 0) is 25.1 Å². The van der Waals surface area contributed by atoms with E-state index in [4.69, 9.17) is 4.74 Å². The number of non-ortho nitro benzene ring substituents is 1. The molecule has 0 saturated carbocycles. The van der Waals surface area contributed by atoms with Gasteiger partial charge < -0.3 is 19.8 Å². The molecule has 2 N–H and O–H groups in total. The van der Waals surface area contributed by atoms with Crippen LogP contribution >= 0.6 is 0 Å². The zero-order valence-corrected chi connectivity index (χ0v) is 13.0. The number of methoxy groups -OCH3 is 1. The summed E-state index contributed by atoms with van der Waals surface area (Å²) in [5.41, 5.74) is 1.04. The Morgan fingerprint density at radius 2 is 1.96 bits per heavy atom. The second-order valence-electron chi connectivity index (χ2n) is 4.82. The predicted molar refractivity (Wildman–Crippen MR) is 84.1 cm³/mol. The average Bonchev–Trinajstić information content (AvgIpc) is 2.92. The van der Waals surface area contributed by atoms with E-state index in [1.54, 1.807) is 13.0 Å². The Balaban J connectivity index is 1.96. The van der Waals surface area contributed by atoms with E-state index in [1.807, 2.05) is 0 Å². The minimum absolute atomic E-state index is 0.0719. The molecule has 0 unspecified atom stereocenters. The first-order valence-corrected chi connectivity index (χ1v) is 6.85. The van der Waals surface area contributed by atoms with E-state index in [9.17, 15) is 19.7 Å². The van der Waals surface area contributed by atoms with E-state index in [2.05, 4.69) is 15.0 Å². The molecule has 0 fully saturated rings. The van der Waals surface area contributed by atoms with Crippen LogP contribution in [0.3, 0.4) is 0 Å². The molecule has 1 aromatic carbocycles. The maximum Gasteiger partial charge on any atom is 0.356 e. The number of benzene rings is 1.